The average Bonchev–Trinajstić information content (AvgIpc) is 2.98. The van der Waals surface area contributed by atoms with Gasteiger partial charge >= 0.3 is 227 Å². The van der Waals surface area contributed by atoms with Gasteiger partial charge in [0.05, 0.1) is 0 Å². The number of benzene rings is 5. The van der Waals surface area contributed by atoms with Crippen LogP contribution >= 0.6 is 0 Å². The van der Waals surface area contributed by atoms with E-state index >= 15 is 0 Å². The van der Waals surface area contributed by atoms with Crippen LogP contribution in [0.1, 0.15) is 31.1 Å². The van der Waals surface area contributed by atoms with Gasteiger partial charge < -0.3 is 0 Å². The molecule has 0 amide bonds. The van der Waals surface area contributed by atoms with E-state index in [1.807, 2.05) is 30.3 Å². The van der Waals surface area contributed by atoms with Crippen LogP contribution < -0.4 is 3.12 Å². The molecule has 0 N–H and O–H groups in total. The van der Waals surface area contributed by atoms with Gasteiger partial charge in [-0.15, -0.1) is 0 Å². The van der Waals surface area contributed by atoms with Crippen molar-refractivity contribution in [1.82, 2.24) is 0 Å². The molecule has 5 aromatic rings. The first-order chi connectivity index (χ1) is 18.6. The molecule has 0 spiro atoms. The molecular weight excluding hydrogens is 676 g/mol. The summed E-state index contributed by atoms with van der Waals surface area (Å²) in [5, 5.41) is 1.48. The van der Waals surface area contributed by atoms with Gasteiger partial charge in [0.2, 0.25) is 0 Å². The quantitative estimate of drug-likeness (QED) is 0.208. The third-order valence-electron chi connectivity index (χ3n) is 5.83. The number of rotatable bonds is 7. The molecule has 0 heterocycles. The van der Waals surface area contributed by atoms with E-state index in [0.29, 0.717) is 8.51 Å². The Labute approximate surface area is 226 Å². The fourth-order valence-corrected chi connectivity index (χ4v) is 13.3. The molecule has 0 unspecified atom stereocenters. The Balaban J connectivity index is 1.69. The predicted octanol–water partition coefficient (Wildman–Crippen LogP) is 5.56. The molecule has 0 aliphatic rings. The number of fused-ring (bicyclic) bond motifs is 1. The summed E-state index contributed by atoms with van der Waals surface area (Å²) in [6.45, 7) is 0. The summed E-state index contributed by atoms with van der Waals surface area (Å²) in [6.07, 6.45) is 0. The Morgan fingerprint density at radius 1 is 0.421 bits per heavy atom. The van der Waals surface area contributed by atoms with Crippen molar-refractivity contribution in [3.8, 4) is 0 Å². The standard InChI is InChI=1S/C10H7.3C7H6O2.Pb/c1-2-6-10-8-4-3-7-9(10)5-1;3*8-7(9)6-4-2-1-3-5-6;/h1-7H;3*1-5H,(H,8,9);/q;;;;+3/p-3. The molecule has 186 valence electrons. The fourth-order valence-electron chi connectivity index (χ4n) is 3.99. The Morgan fingerprint density at radius 3 is 1.24 bits per heavy atom. The van der Waals surface area contributed by atoms with Gasteiger partial charge in [0.1, 0.15) is 0 Å². The maximum atomic E-state index is 13.5. The maximum absolute atomic E-state index is 13.5. The van der Waals surface area contributed by atoms with Crippen LogP contribution in [0.15, 0.2) is 133 Å². The summed E-state index contributed by atoms with van der Waals surface area (Å²) in [4.78, 5) is 40.4. The Kier molecular flexibility index (Phi) is 7.60. The molecule has 6 nitrogen and oxygen atoms in total. The minimum absolute atomic E-state index is 0.239. The van der Waals surface area contributed by atoms with Crippen LogP contribution in [0, 0.1) is 0 Å². The van der Waals surface area contributed by atoms with Crippen LogP contribution in [0.5, 0.6) is 0 Å². The van der Waals surface area contributed by atoms with E-state index in [4.69, 9.17) is 8.06 Å². The van der Waals surface area contributed by atoms with Gasteiger partial charge in [-0.3, -0.25) is 0 Å². The van der Waals surface area contributed by atoms with Crippen LogP contribution in [0.4, 0.5) is 0 Å². The topological polar surface area (TPSA) is 78.9 Å². The molecule has 0 saturated carbocycles. The van der Waals surface area contributed by atoms with Crippen LogP contribution in [-0.4, -0.2) is 40.4 Å². The Bertz CT molecular complexity index is 1450. The van der Waals surface area contributed by atoms with Gasteiger partial charge in [0, 0.05) is 0 Å². The van der Waals surface area contributed by atoms with Crippen LogP contribution in [-0.2, 0) is 8.06 Å². The molecule has 38 heavy (non-hydrogen) atoms. The van der Waals surface area contributed by atoms with Gasteiger partial charge in [-0.2, -0.15) is 0 Å². The second kappa shape index (κ2) is 11.4. The van der Waals surface area contributed by atoms with Crippen molar-refractivity contribution >= 4 is 54.3 Å². The fraction of sp³-hybridized carbons (Fsp3) is 0. The molecule has 0 saturated heterocycles. The predicted molar refractivity (Wildman–Crippen MR) is 145 cm³/mol. The monoisotopic (exact) mass is 698 g/mol. The van der Waals surface area contributed by atoms with Crippen molar-refractivity contribution in [3.05, 3.63) is 150 Å². The molecule has 0 aromatic heterocycles. The zero-order valence-corrected chi connectivity index (χ0v) is 24.0. The van der Waals surface area contributed by atoms with Gasteiger partial charge in [0.15, 0.2) is 0 Å². The van der Waals surface area contributed by atoms with Gasteiger partial charge in [-0.25, -0.2) is 0 Å². The van der Waals surface area contributed by atoms with Gasteiger partial charge in [0.25, 0.3) is 0 Å². The Hall–Kier alpha value is -4.31. The molecule has 7 heteroatoms. The summed E-state index contributed by atoms with van der Waals surface area (Å²) in [5.41, 5.74) is 0.718. The Morgan fingerprint density at radius 2 is 0.789 bits per heavy atom. The van der Waals surface area contributed by atoms with Gasteiger partial charge in [-0.05, 0) is 0 Å². The number of hydrogen-bond acceptors (Lipinski definition) is 6. The molecule has 0 fully saturated rings. The van der Waals surface area contributed by atoms with E-state index in [1.165, 1.54) is 0 Å². The van der Waals surface area contributed by atoms with Crippen LogP contribution in [0.2, 0.25) is 0 Å². The van der Waals surface area contributed by atoms with Crippen LogP contribution in [0.25, 0.3) is 10.8 Å². The van der Waals surface area contributed by atoms with Crippen molar-refractivity contribution in [2.75, 3.05) is 0 Å². The van der Waals surface area contributed by atoms with Gasteiger partial charge in [-0.1, -0.05) is 0 Å². The third-order valence-corrected chi connectivity index (χ3v) is 15.4. The van der Waals surface area contributed by atoms with E-state index in [-0.39, 0.29) is 16.7 Å². The molecule has 5 rings (SSSR count). The van der Waals surface area contributed by atoms with Crippen LogP contribution in [0.3, 0.4) is 0 Å². The molecule has 0 atom stereocenters. The first-order valence-corrected chi connectivity index (χ1v) is 18.6. The zero-order chi connectivity index (χ0) is 26.4. The first kappa shape index (κ1) is 25.3. The summed E-state index contributed by atoms with van der Waals surface area (Å²) in [7, 11) is 0. The minimum atomic E-state index is -5.87. The van der Waals surface area contributed by atoms with E-state index in [9.17, 15) is 14.4 Å². The molecular formula is C31H22O6Pb. The third kappa shape index (κ3) is 5.50. The van der Waals surface area contributed by atoms with E-state index in [0.717, 1.165) is 5.39 Å². The normalized spacial score (nSPS) is 10.9. The van der Waals surface area contributed by atoms with Crippen molar-refractivity contribution in [3.63, 3.8) is 0 Å². The number of hydrogen-bond donors (Lipinski definition) is 0. The van der Waals surface area contributed by atoms with E-state index in [1.54, 1.807) is 103 Å². The molecule has 0 aliphatic heterocycles. The van der Waals surface area contributed by atoms with Crippen molar-refractivity contribution in [1.29, 1.82) is 0 Å². The van der Waals surface area contributed by atoms with E-state index in [2.05, 4.69) is 0 Å². The molecule has 0 aliphatic carbocycles. The summed E-state index contributed by atoms with van der Waals surface area (Å²) in [6, 6.07) is 37.7. The second-order valence-corrected chi connectivity index (χ2v) is 17.1. The second-order valence-electron chi connectivity index (χ2n) is 8.35. The first-order valence-electron chi connectivity index (χ1n) is 11.9. The van der Waals surface area contributed by atoms with Crippen molar-refractivity contribution in [2.45, 2.75) is 0 Å². The summed E-state index contributed by atoms with van der Waals surface area (Å²) >= 11 is -5.87. The SMILES string of the molecule is O=C([O][Pb]([O]C(=O)c1ccccc1)([O]C(=O)c1ccccc1)[c]1cccc2ccccc12)c1ccccc1. The zero-order valence-electron chi connectivity index (χ0n) is 20.2. The molecule has 0 radical (unpaired) electrons. The summed E-state index contributed by atoms with van der Waals surface area (Å²) < 4.78 is 18.7. The molecule has 5 aromatic carbocycles. The average molecular weight is 698 g/mol. The molecule has 0 bridgehead atoms. The number of carbonyl (C=O) groups excluding carboxylic acids is 3. The van der Waals surface area contributed by atoms with E-state index < -0.39 is 40.4 Å². The summed E-state index contributed by atoms with van der Waals surface area (Å²) in [5.74, 6) is -2.24. The number of carbonyl (C=O) groups is 3. The van der Waals surface area contributed by atoms with Crippen molar-refractivity contribution in [2.24, 2.45) is 0 Å². The van der Waals surface area contributed by atoms with Crippen molar-refractivity contribution < 1.29 is 22.4 Å².